The predicted molar refractivity (Wildman–Crippen MR) is 142 cm³/mol. The summed E-state index contributed by atoms with van der Waals surface area (Å²) in [5.74, 6) is 2.66. The molecule has 5 rings (SSSR count). The third-order valence-electron chi connectivity index (χ3n) is 7.46. The molecule has 3 aromatic rings. The first kappa shape index (κ1) is 23.5. The van der Waals surface area contributed by atoms with Gasteiger partial charge in [-0.05, 0) is 49.3 Å². The number of aryl methyl sites for hydroxylation is 1. The summed E-state index contributed by atoms with van der Waals surface area (Å²) in [6.07, 6.45) is 6.54. The Kier molecular flexibility index (Phi) is 7.12. The highest BCUT2D eigenvalue weighted by molar-refractivity contribution is 5.94. The number of anilines is 1. The fourth-order valence-corrected chi connectivity index (χ4v) is 5.15. The summed E-state index contributed by atoms with van der Waals surface area (Å²) in [4.78, 5) is 27.9. The van der Waals surface area contributed by atoms with E-state index in [9.17, 15) is 4.79 Å². The molecule has 3 heterocycles. The van der Waals surface area contributed by atoms with Gasteiger partial charge in [0.05, 0.1) is 12.2 Å². The van der Waals surface area contributed by atoms with Crippen LogP contribution in [-0.2, 0) is 19.4 Å². The van der Waals surface area contributed by atoms with E-state index < -0.39 is 0 Å². The van der Waals surface area contributed by atoms with Crippen LogP contribution in [0.3, 0.4) is 0 Å². The first-order valence-electron chi connectivity index (χ1n) is 13.2. The molecule has 1 amide bonds. The van der Waals surface area contributed by atoms with Crippen LogP contribution < -0.4 is 4.90 Å². The van der Waals surface area contributed by atoms with Gasteiger partial charge in [0.1, 0.15) is 5.82 Å². The predicted octanol–water partition coefficient (Wildman–Crippen LogP) is 5.92. The van der Waals surface area contributed by atoms with Crippen LogP contribution in [0, 0.1) is 5.92 Å². The quantitative estimate of drug-likeness (QED) is 0.450. The summed E-state index contributed by atoms with van der Waals surface area (Å²) in [5, 5.41) is 0. The molecule has 35 heavy (non-hydrogen) atoms. The number of piperidine rings is 1. The molecule has 0 spiro atoms. The van der Waals surface area contributed by atoms with Gasteiger partial charge in [0, 0.05) is 42.7 Å². The fourth-order valence-electron chi connectivity index (χ4n) is 5.15. The van der Waals surface area contributed by atoms with E-state index in [1.54, 1.807) is 0 Å². The summed E-state index contributed by atoms with van der Waals surface area (Å²) < 4.78 is 0. The Hall–Kier alpha value is -3.21. The Morgan fingerprint density at radius 2 is 1.71 bits per heavy atom. The van der Waals surface area contributed by atoms with E-state index in [1.807, 2.05) is 35.2 Å². The molecule has 0 bridgehead atoms. The van der Waals surface area contributed by atoms with Gasteiger partial charge in [-0.25, -0.2) is 9.97 Å². The molecule has 0 radical (unpaired) electrons. The number of hydrogen-bond donors (Lipinski definition) is 0. The SMILES string of the molecule is CCCCc1ccc(C(=O)N2CCc3nc(-c4ccccc4)nc(N4CCC(C)CC4)c3C2)cc1. The standard InChI is InChI=1S/C30H36N4O/c1-3-4-8-23-11-13-25(14-12-23)30(35)34-20-17-27-26(21-34)29(33-18-15-22(2)16-19-33)32-28(31-27)24-9-6-5-7-10-24/h5-7,9-14,22H,3-4,8,15-21H2,1-2H3. The van der Waals surface area contributed by atoms with Crippen LogP contribution in [0.25, 0.3) is 11.4 Å². The zero-order valence-corrected chi connectivity index (χ0v) is 21.0. The summed E-state index contributed by atoms with van der Waals surface area (Å²) in [6, 6.07) is 18.4. The molecule has 182 valence electrons. The number of nitrogens with zero attached hydrogens (tertiary/aromatic N) is 4. The monoisotopic (exact) mass is 468 g/mol. The van der Waals surface area contributed by atoms with Crippen LogP contribution in [0.15, 0.2) is 54.6 Å². The fraction of sp³-hybridized carbons (Fsp3) is 0.433. The molecule has 2 aliphatic rings. The number of carbonyl (C=O) groups excluding carboxylic acids is 1. The van der Waals surface area contributed by atoms with Crippen LogP contribution >= 0.6 is 0 Å². The highest BCUT2D eigenvalue weighted by Crippen LogP contribution is 2.32. The lowest BCUT2D eigenvalue weighted by molar-refractivity contribution is 0.0733. The number of benzene rings is 2. The highest BCUT2D eigenvalue weighted by atomic mass is 16.2. The summed E-state index contributed by atoms with van der Waals surface area (Å²) in [6.45, 7) is 7.80. The number of rotatable bonds is 6. The molecule has 2 aliphatic heterocycles. The topological polar surface area (TPSA) is 49.3 Å². The molecule has 5 nitrogen and oxygen atoms in total. The third-order valence-corrected chi connectivity index (χ3v) is 7.46. The summed E-state index contributed by atoms with van der Waals surface area (Å²) in [5.41, 5.74) is 5.33. The summed E-state index contributed by atoms with van der Waals surface area (Å²) >= 11 is 0. The first-order chi connectivity index (χ1) is 17.1. The molecule has 1 saturated heterocycles. The van der Waals surface area contributed by atoms with E-state index in [4.69, 9.17) is 9.97 Å². The second-order valence-corrected chi connectivity index (χ2v) is 10.1. The Morgan fingerprint density at radius 3 is 2.43 bits per heavy atom. The summed E-state index contributed by atoms with van der Waals surface area (Å²) in [7, 11) is 0. The van der Waals surface area contributed by atoms with Gasteiger partial charge >= 0.3 is 0 Å². The molecular formula is C30H36N4O. The number of carbonyl (C=O) groups is 1. The minimum absolute atomic E-state index is 0.100. The van der Waals surface area contributed by atoms with Crippen molar-refractivity contribution in [2.24, 2.45) is 5.92 Å². The Bertz CT molecular complexity index is 1150. The van der Waals surface area contributed by atoms with Gasteiger partial charge in [-0.3, -0.25) is 4.79 Å². The van der Waals surface area contributed by atoms with Crippen molar-refractivity contribution in [1.29, 1.82) is 0 Å². The van der Waals surface area contributed by atoms with Crippen molar-refractivity contribution in [2.45, 2.75) is 58.9 Å². The molecule has 0 aliphatic carbocycles. The lowest BCUT2D eigenvalue weighted by Crippen LogP contribution is -2.40. The van der Waals surface area contributed by atoms with Crippen LogP contribution in [-0.4, -0.2) is 40.4 Å². The molecule has 1 aromatic heterocycles. The number of amides is 1. The van der Waals surface area contributed by atoms with E-state index >= 15 is 0 Å². The second kappa shape index (κ2) is 10.6. The van der Waals surface area contributed by atoms with E-state index in [-0.39, 0.29) is 5.91 Å². The van der Waals surface area contributed by atoms with Gasteiger partial charge in [0.15, 0.2) is 5.82 Å². The van der Waals surface area contributed by atoms with Crippen molar-refractivity contribution >= 4 is 11.7 Å². The van der Waals surface area contributed by atoms with Gasteiger partial charge in [-0.1, -0.05) is 62.7 Å². The molecule has 2 aromatic carbocycles. The number of aromatic nitrogens is 2. The van der Waals surface area contributed by atoms with Crippen molar-refractivity contribution < 1.29 is 4.79 Å². The highest BCUT2D eigenvalue weighted by Gasteiger charge is 2.29. The third kappa shape index (κ3) is 5.24. The van der Waals surface area contributed by atoms with E-state index in [0.29, 0.717) is 13.1 Å². The van der Waals surface area contributed by atoms with Crippen molar-refractivity contribution in [3.63, 3.8) is 0 Å². The van der Waals surface area contributed by atoms with Gasteiger partial charge in [0.25, 0.3) is 5.91 Å². The van der Waals surface area contributed by atoms with Crippen molar-refractivity contribution in [3.05, 3.63) is 77.0 Å². The average Bonchev–Trinajstić information content (AvgIpc) is 2.92. The number of hydrogen-bond acceptors (Lipinski definition) is 4. The number of fused-ring (bicyclic) bond motifs is 1. The molecule has 1 fully saturated rings. The van der Waals surface area contributed by atoms with E-state index in [1.165, 1.54) is 31.2 Å². The molecule has 5 heteroatoms. The molecule has 0 saturated carbocycles. The van der Waals surface area contributed by atoms with Gasteiger partial charge in [-0.15, -0.1) is 0 Å². The van der Waals surface area contributed by atoms with Crippen LogP contribution in [0.5, 0.6) is 0 Å². The normalized spacial score (nSPS) is 16.3. The lowest BCUT2D eigenvalue weighted by atomic mass is 9.97. The lowest BCUT2D eigenvalue weighted by Gasteiger charge is -2.36. The maximum atomic E-state index is 13.4. The average molecular weight is 469 g/mol. The van der Waals surface area contributed by atoms with Gasteiger partial charge in [0.2, 0.25) is 0 Å². The minimum Gasteiger partial charge on any atom is -0.356 e. The van der Waals surface area contributed by atoms with Crippen LogP contribution in [0.1, 0.15) is 66.7 Å². The van der Waals surface area contributed by atoms with Gasteiger partial charge in [-0.2, -0.15) is 0 Å². The van der Waals surface area contributed by atoms with Crippen molar-refractivity contribution in [2.75, 3.05) is 24.5 Å². The first-order valence-corrected chi connectivity index (χ1v) is 13.2. The van der Waals surface area contributed by atoms with Gasteiger partial charge < -0.3 is 9.80 Å². The largest absolute Gasteiger partial charge is 0.356 e. The smallest absolute Gasteiger partial charge is 0.254 e. The second-order valence-electron chi connectivity index (χ2n) is 10.1. The maximum absolute atomic E-state index is 13.4. The molecule has 0 atom stereocenters. The zero-order valence-electron chi connectivity index (χ0n) is 21.0. The molecule has 0 unspecified atom stereocenters. The van der Waals surface area contributed by atoms with E-state index in [0.717, 1.165) is 65.9 Å². The minimum atomic E-state index is 0.100. The molecular weight excluding hydrogens is 432 g/mol. The number of unbranched alkanes of at least 4 members (excludes halogenated alkanes) is 1. The van der Waals surface area contributed by atoms with Crippen LogP contribution in [0.4, 0.5) is 5.82 Å². The van der Waals surface area contributed by atoms with Crippen molar-refractivity contribution in [3.8, 4) is 11.4 Å². The van der Waals surface area contributed by atoms with Crippen molar-refractivity contribution in [1.82, 2.24) is 14.9 Å². The van der Waals surface area contributed by atoms with Crippen LogP contribution in [0.2, 0.25) is 0 Å². The maximum Gasteiger partial charge on any atom is 0.254 e. The zero-order chi connectivity index (χ0) is 24.2. The van der Waals surface area contributed by atoms with E-state index in [2.05, 4.69) is 43.0 Å². The molecule has 0 N–H and O–H groups in total. The Labute approximate surface area is 209 Å². The Balaban J connectivity index is 1.43. The Morgan fingerprint density at radius 1 is 0.971 bits per heavy atom.